The van der Waals surface area contributed by atoms with Crippen molar-refractivity contribution < 1.29 is 32.9 Å². The average Bonchev–Trinajstić information content (AvgIpc) is 3.46. The molecule has 2 aromatic carbocycles. The number of carbonyl (C=O) groups excluding carboxylic acids is 2. The lowest BCUT2D eigenvalue weighted by Gasteiger charge is -2.51. The van der Waals surface area contributed by atoms with Crippen LogP contribution in [-0.4, -0.2) is 61.5 Å². The maximum atomic E-state index is 14.8. The Balaban J connectivity index is 1.47. The number of morpholine rings is 1. The van der Waals surface area contributed by atoms with Crippen LogP contribution >= 0.6 is 11.3 Å². The molecule has 7 rings (SSSR count). The number of ether oxygens (including phenoxy) is 4. The number of benzene rings is 2. The molecule has 0 spiro atoms. The number of hydrogen-bond acceptors (Lipinski definition) is 9. The molecule has 10 nitrogen and oxygen atoms in total. The Hall–Kier alpha value is -4.68. The van der Waals surface area contributed by atoms with E-state index in [0.29, 0.717) is 6.61 Å². The molecule has 0 bridgehead atoms. The van der Waals surface area contributed by atoms with E-state index >= 15 is 0 Å². The van der Waals surface area contributed by atoms with Gasteiger partial charge >= 0.3 is 6.16 Å². The van der Waals surface area contributed by atoms with Crippen LogP contribution in [0.15, 0.2) is 71.0 Å². The van der Waals surface area contributed by atoms with Crippen LogP contribution in [0.5, 0.6) is 5.75 Å². The Labute approximate surface area is 243 Å². The molecule has 1 unspecified atom stereocenters. The number of pyridine rings is 1. The molecule has 214 valence electrons. The molecule has 4 heterocycles. The minimum Gasteiger partial charge on any atom is -0.451 e. The molecule has 2 atom stereocenters. The molecule has 42 heavy (non-hydrogen) atoms. The lowest BCUT2D eigenvalue weighted by atomic mass is 9.92. The summed E-state index contributed by atoms with van der Waals surface area (Å²) >= 11 is 1.58. The molecule has 12 heteroatoms. The molecule has 1 aliphatic carbocycles. The van der Waals surface area contributed by atoms with Gasteiger partial charge < -0.3 is 23.8 Å². The zero-order chi connectivity index (χ0) is 29.0. The van der Waals surface area contributed by atoms with Gasteiger partial charge in [0.05, 0.1) is 26.4 Å². The topological polar surface area (TPSA) is 99.5 Å². The summed E-state index contributed by atoms with van der Waals surface area (Å²) in [7, 11) is 1.15. The van der Waals surface area contributed by atoms with E-state index in [0.717, 1.165) is 39.8 Å². The van der Waals surface area contributed by atoms with E-state index in [-0.39, 0.29) is 30.4 Å². The van der Waals surface area contributed by atoms with Crippen molar-refractivity contribution in [1.29, 1.82) is 0 Å². The molecule has 2 aliphatic heterocycles. The number of thiophene rings is 1. The highest BCUT2D eigenvalue weighted by molar-refractivity contribution is 7.14. The zero-order valence-electron chi connectivity index (χ0n) is 22.3. The van der Waals surface area contributed by atoms with Crippen LogP contribution in [-0.2, 0) is 14.2 Å². The quantitative estimate of drug-likeness (QED) is 0.256. The van der Waals surface area contributed by atoms with E-state index in [2.05, 4.69) is 4.74 Å². The lowest BCUT2D eigenvalue weighted by Crippen LogP contribution is -2.66. The number of carbonyl (C=O) groups is 2. The van der Waals surface area contributed by atoms with Crippen LogP contribution in [0, 0.1) is 5.82 Å². The average molecular weight is 590 g/mol. The van der Waals surface area contributed by atoms with Gasteiger partial charge in [-0.15, -0.1) is 11.3 Å². The first-order valence-electron chi connectivity index (χ1n) is 13.2. The first-order chi connectivity index (χ1) is 20.5. The Bertz CT molecular complexity index is 1790. The Morgan fingerprint density at radius 2 is 1.90 bits per heavy atom. The molecule has 0 radical (unpaired) electrons. The molecular formula is C30H24FN3O7S. The third-order valence-electron chi connectivity index (χ3n) is 7.73. The number of hydrogen-bond donors (Lipinski definition) is 0. The van der Waals surface area contributed by atoms with Gasteiger partial charge in [-0.1, -0.05) is 30.3 Å². The Kier molecular flexibility index (Phi) is 6.43. The maximum Gasteiger partial charge on any atom is 0.510 e. The first-order valence-corrected chi connectivity index (χ1v) is 14.1. The molecule has 3 aliphatic rings. The molecule has 0 saturated carbocycles. The largest absolute Gasteiger partial charge is 0.510 e. The van der Waals surface area contributed by atoms with Gasteiger partial charge in [0.1, 0.15) is 12.0 Å². The SMILES string of the molecule is COC(=O)OCOc1c2n(ccc1=O)N([C@H]1c3ccc(F)cc3-c3ccsc3-c3ccccc31)C1COCCN1C2=O. The molecule has 1 amide bonds. The van der Waals surface area contributed by atoms with Gasteiger partial charge in [-0.05, 0) is 45.8 Å². The van der Waals surface area contributed by atoms with Crippen molar-refractivity contribution in [2.75, 3.05) is 38.7 Å². The van der Waals surface area contributed by atoms with E-state index in [9.17, 15) is 18.8 Å². The van der Waals surface area contributed by atoms with Gasteiger partial charge in [-0.25, -0.2) is 9.18 Å². The van der Waals surface area contributed by atoms with E-state index in [4.69, 9.17) is 14.2 Å². The van der Waals surface area contributed by atoms with Crippen LogP contribution in [0.4, 0.5) is 9.18 Å². The number of amides is 1. The van der Waals surface area contributed by atoms with Gasteiger partial charge in [0, 0.05) is 29.2 Å². The van der Waals surface area contributed by atoms with E-state index in [1.807, 2.05) is 40.7 Å². The van der Waals surface area contributed by atoms with Gasteiger partial charge in [0.2, 0.25) is 18.0 Å². The third-order valence-corrected chi connectivity index (χ3v) is 8.68. The second-order valence-electron chi connectivity index (χ2n) is 9.88. The zero-order valence-corrected chi connectivity index (χ0v) is 23.1. The van der Waals surface area contributed by atoms with E-state index in [1.165, 1.54) is 24.4 Å². The fourth-order valence-corrected chi connectivity index (χ4v) is 6.94. The van der Waals surface area contributed by atoms with Crippen molar-refractivity contribution in [2.24, 2.45) is 0 Å². The minimum absolute atomic E-state index is 0.0192. The fourth-order valence-electron chi connectivity index (χ4n) is 5.98. The van der Waals surface area contributed by atoms with Crippen molar-refractivity contribution in [1.82, 2.24) is 9.58 Å². The summed E-state index contributed by atoms with van der Waals surface area (Å²) in [4.78, 5) is 41.2. The van der Waals surface area contributed by atoms with Crippen LogP contribution < -0.4 is 15.2 Å². The van der Waals surface area contributed by atoms with Crippen LogP contribution in [0.3, 0.4) is 0 Å². The first kappa shape index (κ1) is 26.2. The molecule has 0 N–H and O–H groups in total. The van der Waals surface area contributed by atoms with Crippen molar-refractivity contribution in [3.05, 3.63) is 99.0 Å². The number of methoxy groups -OCH3 is 1. The summed E-state index contributed by atoms with van der Waals surface area (Å²) in [6.45, 7) is 0.164. The second kappa shape index (κ2) is 10.3. The van der Waals surface area contributed by atoms with Gasteiger partial charge in [0.15, 0.2) is 5.69 Å². The van der Waals surface area contributed by atoms with E-state index in [1.54, 1.807) is 27.0 Å². The normalized spacial score (nSPS) is 18.6. The summed E-state index contributed by atoms with van der Waals surface area (Å²) in [5.74, 6) is -1.05. The highest BCUT2D eigenvalue weighted by atomic mass is 32.1. The number of fused-ring (bicyclic) bond motifs is 7. The second-order valence-corrected chi connectivity index (χ2v) is 10.8. The van der Waals surface area contributed by atoms with Crippen molar-refractivity contribution in [3.63, 3.8) is 0 Å². The van der Waals surface area contributed by atoms with Crippen molar-refractivity contribution in [2.45, 2.75) is 12.2 Å². The summed E-state index contributed by atoms with van der Waals surface area (Å²) in [5, 5.41) is 3.97. The highest BCUT2D eigenvalue weighted by Crippen LogP contribution is 2.50. The fraction of sp³-hybridized carbons (Fsp3) is 0.233. The predicted octanol–water partition coefficient (Wildman–Crippen LogP) is 4.36. The summed E-state index contributed by atoms with van der Waals surface area (Å²) in [5.41, 5.74) is 3.82. The van der Waals surface area contributed by atoms with Gasteiger partial charge in [0.25, 0.3) is 5.91 Å². The van der Waals surface area contributed by atoms with E-state index < -0.39 is 36.5 Å². The van der Waals surface area contributed by atoms with Gasteiger partial charge in [-0.3, -0.25) is 19.3 Å². The molecular weight excluding hydrogens is 565 g/mol. The predicted molar refractivity (Wildman–Crippen MR) is 151 cm³/mol. The third kappa shape index (κ3) is 4.05. The summed E-state index contributed by atoms with van der Waals surface area (Å²) in [6.07, 6.45) is -0.0258. The van der Waals surface area contributed by atoms with Crippen LogP contribution in [0.25, 0.3) is 21.6 Å². The maximum absolute atomic E-state index is 14.8. The Morgan fingerprint density at radius 1 is 1.07 bits per heavy atom. The molecule has 2 aromatic heterocycles. The smallest absolute Gasteiger partial charge is 0.451 e. The van der Waals surface area contributed by atoms with Crippen LogP contribution in [0.1, 0.15) is 27.7 Å². The van der Waals surface area contributed by atoms with Gasteiger partial charge in [-0.2, -0.15) is 0 Å². The number of halogens is 1. The van der Waals surface area contributed by atoms with Crippen LogP contribution in [0.2, 0.25) is 0 Å². The Morgan fingerprint density at radius 3 is 2.76 bits per heavy atom. The summed E-state index contributed by atoms with van der Waals surface area (Å²) in [6, 6.07) is 15.5. The standard InChI is InChI=1S/C30H24FN3O7S/c1-38-30(37)41-16-40-27-23(35)8-10-33-26(27)29(36)32-11-12-39-15-24(32)34(33)25-18-4-2-3-5-20(18)28-21(9-13-42-28)22-14-17(31)6-7-19(22)25/h2-10,13-14,24-25H,11-12,15-16H2,1H3/t24?,25-/m1/s1. The number of aromatic nitrogens is 1. The summed E-state index contributed by atoms with van der Waals surface area (Å²) < 4.78 is 37.2. The van der Waals surface area contributed by atoms with Crippen molar-refractivity contribution >= 4 is 23.4 Å². The monoisotopic (exact) mass is 589 g/mol. The molecule has 1 saturated heterocycles. The molecule has 4 aromatic rings. The highest BCUT2D eigenvalue weighted by Gasteiger charge is 2.46. The number of nitrogens with zero attached hydrogens (tertiary/aromatic N) is 3. The molecule has 1 fully saturated rings. The number of rotatable bonds is 4. The minimum atomic E-state index is -0.993. The lowest BCUT2D eigenvalue weighted by molar-refractivity contribution is -0.0208. The van der Waals surface area contributed by atoms with Crippen molar-refractivity contribution in [3.8, 4) is 27.3 Å².